The van der Waals surface area contributed by atoms with Crippen LogP contribution in [0.1, 0.15) is 0 Å². The number of hydrogen-bond acceptors (Lipinski definition) is 2. The van der Waals surface area contributed by atoms with Crippen LogP contribution in [0.25, 0.3) is 0 Å². The molecule has 0 fully saturated rings. The maximum absolute atomic E-state index is 11.9. The quantitative estimate of drug-likeness (QED) is 0.772. The lowest BCUT2D eigenvalue weighted by Gasteiger charge is -2.13. The SMILES string of the molecule is FC(F)(F)Oc1ccccc1OC(Cl)Cl. The van der Waals surface area contributed by atoms with Crippen molar-refractivity contribution in [3.63, 3.8) is 0 Å². The highest BCUT2D eigenvalue weighted by molar-refractivity contribution is 6.43. The molecule has 0 spiro atoms. The minimum atomic E-state index is -4.78. The third kappa shape index (κ3) is 4.48. The van der Waals surface area contributed by atoms with Crippen LogP contribution >= 0.6 is 23.2 Å². The third-order valence-electron chi connectivity index (χ3n) is 1.29. The molecular weight excluding hydrogens is 256 g/mol. The maximum atomic E-state index is 11.9. The number of ether oxygens (including phenoxy) is 2. The molecule has 0 atom stereocenters. The van der Waals surface area contributed by atoms with Crippen LogP contribution in [0.15, 0.2) is 24.3 Å². The summed E-state index contributed by atoms with van der Waals surface area (Å²) in [6, 6.07) is 5.19. The summed E-state index contributed by atoms with van der Waals surface area (Å²) in [6.45, 7) is 0. The van der Waals surface area contributed by atoms with Gasteiger partial charge in [-0.3, -0.25) is 0 Å². The van der Waals surface area contributed by atoms with Gasteiger partial charge in [-0.15, -0.1) is 13.2 Å². The second-order valence-electron chi connectivity index (χ2n) is 2.37. The number of hydrogen-bond donors (Lipinski definition) is 0. The molecule has 0 unspecified atom stereocenters. The molecule has 0 saturated heterocycles. The van der Waals surface area contributed by atoms with Crippen LogP contribution in [0.5, 0.6) is 11.5 Å². The fourth-order valence-electron chi connectivity index (χ4n) is 0.853. The summed E-state index contributed by atoms with van der Waals surface area (Å²) in [5, 5.41) is -1.26. The van der Waals surface area contributed by atoms with Gasteiger partial charge in [-0.1, -0.05) is 35.3 Å². The van der Waals surface area contributed by atoms with Crippen LogP contribution in [0.3, 0.4) is 0 Å². The second kappa shape index (κ2) is 4.81. The van der Waals surface area contributed by atoms with Crippen LogP contribution < -0.4 is 9.47 Å². The molecule has 84 valence electrons. The number of alkyl halides is 5. The average Bonchev–Trinajstić information content (AvgIpc) is 2.05. The molecule has 0 aliphatic rings. The molecule has 0 aliphatic carbocycles. The predicted octanol–water partition coefficient (Wildman–Crippen LogP) is 3.73. The standard InChI is InChI=1S/C8H5Cl2F3O2/c9-7(10)14-5-3-1-2-4-6(5)15-8(11,12)13/h1-4,7H. The van der Waals surface area contributed by atoms with E-state index in [0.29, 0.717) is 0 Å². The first-order valence-corrected chi connectivity index (χ1v) is 4.55. The van der Waals surface area contributed by atoms with Gasteiger partial charge >= 0.3 is 6.36 Å². The first kappa shape index (κ1) is 12.3. The van der Waals surface area contributed by atoms with Crippen LogP contribution in [-0.2, 0) is 0 Å². The number of para-hydroxylation sites is 2. The molecule has 0 heterocycles. The van der Waals surface area contributed by atoms with Crippen molar-refractivity contribution in [3.05, 3.63) is 24.3 Å². The first-order chi connectivity index (χ1) is 6.88. The van der Waals surface area contributed by atoms with E-state index in [9.17, 15) is 13.2 Å². The molecule has 7 heteroatoms. The Morgan fingerprint density at radius 1 is 1.07 bits per heavy atom. The highest BCUT2D eigenvalue weighted by atomic mass is 35.5. The van der Waals surface area contributed by atoms with Gasteiger partial charge in [0.05, 0.1) is 0 Å². The number of halogens is 5. The van der Waals surface area contributed by atoms with Crippen molar-refractivity contribution >= 4 is 23.2 Å². The molecule has 1 aromatic carbocycles. The van der Waals surface area contributed by atoms with E-state index in [1.165, 1.54) is 18.2 Å². The number of rotatable bonds is 3. The molecular formula is C8H5Cl2F3O2. The summed E-state index contributed by atoms with van der Waals surface area (Å²) in [6.07, 6.45) is -4.78. The van der Waals surface area contributed by atoms with Gasteiger partial charge in [-0.2, -0.15) is 0 Å². The zero-order valence-corrected chi connectivity index (χ0v) is 8.60. The van der Waals surface area contributed by atoms with Crippen molar-refractivity contribution in [3.8, 4) is 11.5 Å². The topological polar surface area (TPSA) is 18.5 Å². The van der Waals surface area contributed by atoms with Crippen molar-refractivity contribution in [2.24, 2.45) is 0 Å². The monoisotopic (exact) mass is 260 g/mol. The van der Waals surface area contributed by atoms with Gasteiger partial charge in [0.1, 0.15) is 0 Å². The Balaban J connectivity index is 2.86. The summed E-state index contributed by atoms with van der Waals surface area (Å²) in [4.78, 5) is 0. The van der Waals surface area contributed by atoms with Crippen molar-refractivity contribution < 1.29 is 22.6 Å². The van der Waals surface area contributed by atoms with Gasteiger partial charge in [0.25, 0.3) is 0 Å². The Morgan fingerprint density at radius 2 is 1.60 bits per heavy atom. The van der Waals surface area contributed by atoms with Gasteiger partial charge in [0.15, 0.2) is 11.5 Å². The maximum Gasteiger partial charge on any atom is 0.573 e. The van der Waals surface area contributed by atoms with Gasteiger partial charge in [-0.25, -0.2) is 0 Å². The Labute approximate surface area is 93.5 Å². The molecule has 1 aromatic rings. The fraction of sp³-hybridized carbons (Fsp3) is 0.250. The summed E-state index contributed by atoms with van der Waals surface area (Å²) < 4.78 is 44.1. The Kier molecular flexibility index (Phi) is 3.93. The summed E-state index contributed by atoms with van der Waals surface area (Å²) >= 11 is 10.5. The van der Waals surface area contributed by atoms with Crippen LogP contribution in [0.2, 0.25) is 0 Å². The van der Waals surface area contributed by atoms with E-state index >= 15 is 0 Å². The molecule has 0 bridgehead atoms. The average molecular weight is 261 g/mol. The van der Waals surface area contributed by atoms with Crippen molar-refractivity contribution in [1.29, 1.82) is 0 Å². The van der Waals surface area contributed by atoms with Gasteiger partial charge < -0.3 is 9.47 Å². The van der Waals surface area contributed by atoms with E-state index in [1.54, 1.807) is 0 Å². The van der Waals surface area contributed by atoms with E-state index in [0.717, 1.165) is 6.07 Å². The van der Waals surface area contributed by atoms with E-state index < -0.39 is 17.1 Å². The summed E-state index contributed by atoms with van der Waals surface area (Å²) in [5.74, 6) is -0.666. The van der Waals surface area contributed by atoms with Crippen molar-refractivity contribution in [2.75, 3.05) is 0 Å². The molecule has 0 saturated carbocycles. The largest absolute Gasteiger partial charge is 0.573 e. The lowest BCUT2D eigenvalue weighted by atomic mass is 10.3. The predicted molar refractivity (Wildman–Crippen MR) is 49.2 cm³/mol. The minimum absolute atomic E-state index is 0.176. The molecule has 0 radical (unpaired) electrons. The van der Waals surface area contributed by atoms with Crippen molar-refractivity contribution in [1.82, 2.24) is 0 Å². The smallest absolute Gasteiger partial charge is 0.457 e. The zero-order chi connectivity index (χ0) is 11.5. The van der Waals surface area contributed by atoms with Gasteiger partial charge in [0.2, 0.25) is 5.02 Å². The van der Waals surface area contributed by atoms with Gasteiger partial charge in [-0.05, 0) is 12.1 Å². The first-order valence-electron chi connectivity index (χ1n) is 3.68. The second-order valence-corrected chi connectivity index (χ2v) is 3.39. The fourth-order valence-corrected chi connectivity index (χ4v) is 1.04. The molecule has 1 rings (SSSR count). The third-order valence-corrected chi connectivity index (χ3v) is 1.47. The molecule has 15 heavy (non-hydrogen) atoms. The highest BCUT2D eigenvalue weighted by Gasteiger charge is 2.32. The van der Waals surface area contributed by atoms with Crippen LogP contribution in [0.4, 0.5) is 13.2 Å². The van der Waals surface area contributed by atoms with Crippen LogP contribution in [-0.4, -0.2) is 11.4 Å². The molecule has 0 N–H and O–H groups in total. The van der Waals surface area contributed by atoms with Crippen molar-refractivity contribution in [2.45, 2.75) is 11.4 Å². The number of benzene rings is 1. The molecule has 0 aliphatic heterocycles. The van der Waals surface area contributed by atoms with Crippen LogP contribution in [0, 0.1) is 0 Å². The minimum Gasteiger partial charge on any atom is -0.457 e. The molecule has 0 amide bonds. The highest BCUT2D eigenvalue weighted by Crippen LogP contribution is 2.33. The lowest BCUT2D eigenvalue weighted by Crippen LogP contribution is -2.18. The summed E-state index contributed by atoms with van der Waals surface area (Å²) in [7, 11) is 0. The zero-order valence-electron chi connectivity index (χ0n) is 7.09. The Bertz CT molecular complexity index is 328. The lowest BCUT2D eigenvalue weighted by molar-refractivity contribution is -0.275. The molecule has 0 aromatic heterocycles. The van der Waals surface area contributed by atoms with E-state index in [-0.39, 0.29) is 5.75 Å². The molecule has 2 nitrogen and oxygen atoms in total. The van der Waals surface area contributed by atoms with E-state index in [1.807, 2.05) is 0 Å². The normalized spacial score (nSPS) is 11.6. The van der Waals surface area contributed by atoms with E-state index in [2.05, 4.69) is 4.74 Å². The van der Waals surface area contributed by atoms with Gasteiger partial charge in [0, 0.05) is 0 Å². The Morgan fingerprint density at radius 3 is 2.07 bits per heavy atom. The van der Waals surface area contributed by atoms with E-state index in [4.69, 9.17) is 27.9 Å². The Hall–Kier alpha value is -0.810. The summed E-state index contributed by atoms with van der Waals surface area (Å²) in [5.41, 5.74) is 0.